The van der Waals surface area contributed by atoms with E-state index >= 15 is 0 Å². The van der Waals surface area contributed by atoms with Gasteiger partial charge < -0.3 is 5.32 Å². The molecule has 6 heteroatoms. The summed E-state index contributed by atoms with van der Waals surface area (Å²) in [5.74, 6) is 1.16. The Kier molecular flexibility index (Phi) is 3.77. The highest BCUT2D eigenvalue weighted by atomic mass is 32.1. The van der Waals surface area contributed by atoms with Crippen molar-refractivity contribution in [1.29, 1.82) is 0 Å². The smallest absolute Gasteiger partial charge is 0.252 e. The number of carbonyl (C=O) groups excluding carboxylic acids is 1. The van der Waals surface area contributed by atoms with E-state index in [-0.39, 0.29) is 5.91 Å². The summed E-state index contributed by atoms with van der Waals surface area (Å²) in [6.07, 6.45) is 5.00. The number of carbonyl (C=O) groups is 1. The molecule has 1 N–H and O–H groups in total. The molecule has 0 aliphatic heterocycles. The van der Waals surface area contributed by atoms with Gasteiger partial charge in [0.25, 0.3) is 5.91 Å². The van der Waals surface area contributed by atoms with Crippen molar-refractivity contribution in [2.75, 3.05) is 12.3 Å². The maximum absolute atomic E-state index is 11.6. The van der Waals surface area contributed by atoms with Crippen molar-refractivity contribution in [2.45, 2.75) is 0 Å². The second kappa shape index (κ2) is 5.49. The lowest BCUT2D eigenvalue weighted by molar-refractivity contribution is 0.0956. The van der Waals surface area contributed by atoms with Gasteiger partial charge in [-0.15, -0.1) is 0 Å². The monoisotopic (exact) mass is 248 g/mol. The fourth-order valence-electron chi connectivity index (χ4n) is 1.33. The second-order valence-electron chi connectivity index (χ2n) is 3.34. The fraction of sp³-hybridized carbons (Fsp3) is 0.182. The minimum atomic E-state index is -0.140. The molecule has 1 amide bonds. The largest absolute Gasteiger partial charge is 0.351 e. The Morgan fingerprint density at radius 3 is 2.94 bits per heavy atom. The third kappa shape index (κ3) is 2.85. The normalized spacial score (nSPS) is 10.2. The van der Waals surface area contributed by atoms with Gasteiger partial charge >= 0.3 is 0 Å². The van der Waals surface area contributed by atoms with Crippen LogP contribution in [0, 0.1) is 0 Å². The summed E-state index contributed by atoms with van der Waals surface area (Å²) in [5, 5.41) is 6.78. The van der Waals surface area contributed by atoms with Crippen LogP contribution in [0.1, 0.15) is 10.4 Å². The Bertz CT molecular complexity index is 481. The third-order valence-corrected chi connectivity index (χ3v) is 2.37. The lowest BCUT2D eigenvalue weighted by atomic mass is 10.2. The molecule has 0 atom stereocenters. The van der Waals surface area contributed by atoms with E-state index in [0.717, 1.165) is 0 Å². The van der Waals surface area contributed by atoms with Gasteiger partial charge in [0, 0.05) is 30.9 Å². The standard InChI is InChI=1S/C11H12N4OS/c16-11(12-5-7-17)9-2-3-10(13-8-9)15-6-1-4-14-15/h1-4,6,8,17H,5,7H2,(H,12,16). The van der Waals surface area contributed by atoms with Gasteiger partial charge in [0.15, 0.2) is 5.82 Å². The Morgan fingerprint density at radius 2 is 2.35 bits per heavy atom. The molecule has 0 fully saturated rings. The number of hydrogen-bond acceptors (Lipinski definition) is 4. The first-order valence-corrected chi connectivity index (χ1v) is 5.79. The van der Waals surface area contributed by atoms with Crippen LogP contribution in [-0.4, -0.2) is 33.0 Å². The highest BCUT2D eigenvalue weighted by Gasteiger charge is 2.05. The van der Waals surface area contributed by atoms with Crippen LogP contribution in [0.25, 0.3) is 5.82 Å². The molecule has 0 saturated carbocycles. The topological polar surface area (TPSA) is 59.8 Å². The summed E-state index contributed by atoms with van der Waals surface area (Å²) in [6, 6.07) is 5.29. The third-order valence-electron chi connectivity index (χ3n) is 2.15. The number of pyridine rings is 1. The van der Waals surface area contributed by atoms with E-state index in [1.165, 1.54) is 6.20 Å². The number of amides is 1. The second-order valence-corrected chi connectivity index (χ2v) is 3.78. The molecule has 0 aliphatic carbocycles. The van der Waals surface area contributed by atoms with Crippen LogP contribution in [0.3, 0.4) is 0 Å². The Hall–Kier alpha value is -1.82. The zero-order valence-electron chi connectivity index (χ0n) is 9.08. The number of thiol groups is 1. The summed E-state index contributed by atoms with van der Waals surface area (Å²) >= 11 is 4.02. The first kappa shape index (κ1) is 11.7. The molecule has 0 unspecified atom stereocenters. The average Bonchev–Trinajstić information content (AvgIpc) is 2.90. The van der Waals surface area contributed by atoms with Crippen molar-refractivity contribution < 1.29 is 4.79 Å². The Labute approximate surface area is 104 Å². The molecule has 2 rings (SSSR count). The SMILES string of the molecule is O=C(NCCS)c1ccc(-n2cccn2)nc1. The van der Waals surface area contributed by atoms with E-state index in [1.807, 2.05) is 6.07 Å². The van der Waals surface area contributed by atoms with Crippen LogP contribution in [0.2, 0.25) is 0 Å². The molecule has 5 nitrogen and oxygen atoms in total. The van der Waals surface area contributed by atoms with Crippen molar-refractivity contribution in [3.05, 3.63) is 42.4 Å². The molecule has 2 aromatic heterocycles. The fourth-order valence-corrected chi connectivity index (χ4v) is 1.44. The minimum Gasteiger partial charge on any atom is -0.351 e. The maximum atomic E-state index is 11.6. The van der Waals surface area contributed by atoms with Crippen LogP contribution < -0.4 is 5.32 Å². The molecule has 0 saturated heterocycles. The lowest BCUT2D eigenvalue weighted by Gasteiger charge is -2.04. The van der Waals surface area contributed by atoms with Crippen molar-refractivity contribution in [3.63, 3.8) is 0 Å². The molecule has 0 radical (unpaired) electrons. The van der Waals surface area contributed by atoms with Gasteiger partial charge in [-0.3, -0.25) is 4.79 Å². The van der Waals surface area contributed by atoms with Gasteiger partial charge in [0.05, 0.1) is 5.56 Å². The highest BCUT2D eigenvalue weighted by molar-refractivity contribution is 7.80. The number of rotatable bonds is 4. The molecule has 88 valence electrons. The number of hydrogen-bond donors (Lipinski definition) is 2. The van der Waals surface area contributed by atoms with Crippen LogP contribution in [0.4, 0.5) is 0 Å². The Morgan fingerprint density at radius 1 is 1.47 bits per heavy atom. The predicted molar refractivity (Wildman–Crippen MR) is 67.5 cm³/mol. The summed E-state index contributed by atoms with van der Waals surface area (Å²) < 4.78 is 1.63. The summed E-state index contributed by atoms with van der Waals surface area (Å²) in [4.78, 5) is 15.8. The van der Waals surface area contributed by atoms with Gasteiger partial charge in [-0.1, -0.05) is 0 Å². The molecule has 0 aliphatic rings. The van der Waals surface area contributed by atoms with E-state index < -0.39 is 0 Å². The van der Waals surface area contributed by atoms with E-state index in [9.17, 15) is 4.79 Å². The zero-order valence-corrected chi connectivity index (χ0v) is 9.97. The summed E-state index contributed by atoms with van der Waals surface area (Å²) in [6.45, 7) is 0.544. The minimum absolute atomic E-state index is 0.140. The zero-order chi connectivity index (χ0) is 12.1. The molecular formula is C11H12N4OS. The quantitative estimate of drug-likeness (QED) is 0.791. The van der Waals surface area contributed by atoms with E-state index in [2.05, 4.69) is 28.0 Å². The van der Waals surface area contributed by atoms with Crippen LogP contribution in [0.5, 0.6) is 0 Å². The van der Waals surface area contributed by atoms with Gasteiger partial charge in [0.1, 0.15) is 0 Å². The molecule has 2 aromatic rings. The van der Waals surface area contributed by atoms with Crippen molar-refractivity contribution >= 4 is 18.5 Å². The van der Waals surface area contributed by atoms with Gasteiger partial charge in [-0.25, -0.2) is 9.67 Å². The molecule has 17 heavy (non-hydrogen) atoms. The van der Waals surface area contributed by atoms with Gasteiger partial charge in [0.2, 0.25) is 0 Å². The van der Waals surface area contributed by atoms with Crippen molar-refractivity contribution in [3.8, 4) is 5.82 Å². The Balaban J connectivity index is 2.10. The van der Waals surface area contributed by atoms with Gasteiger partial charge in [-0.2, -0.15) is 17.7 Å². The lowest BCUT2D eigenvalue weighted by Crippen LogP contribution is -2.25. The van der Waals surface area contributed by atoms with Crippen LogP contribution in [0.15, 0.2) is 36.8 Å². The molecule has 0 aromatic carbocycles. The average molecular weight is 248 g/mol. The number of nitrogens with zero attached hydrogens (tertiary/aromatic N) is 3. The first-order valence-electron chi connectivity index (χ1n) is 5.16. The maximum Gasteiger partial charge on any atom is 0.252 e. The van der Waals surface area contributed by atoms with E-state index in [1.54, 1.807) is 29.2 Å². The number of aromatic nitrogens is 3. The van der Waals surface area contributed by atoms with Crippen molar-refractivity contribution in [1.82, 2.24) is 20.1 Å². The molecule has 2 heterocycles. The molecular weight excluding hydrogens is 236 g/mol. The summed E-state index contributed by atoms with van der Waals surface area (Å²) in [7, 11) is 0. The molecule has 0 bridgehead atoms. The molecule has 0 spiro atoms. The van der Waals surface area contributed by atoms with E-state index in [0.29, 0.717) is 23.7 Å². The first-order chi connectivity index (χ1) is 8.31. The van der Waals surface area contributed by atoms with E-state index in [4.69, 9.17) is 0 Å². The summed E-state index contributed by atoms with van der Waals surface area (Å²) in [5.41, 5.74) is 0.530. The van der Waals surface area contributed by atoms with Crippen molar-refractivity contribution in [2.24, 2.45) is 0 Å². The number of nitrogens with one attached hydrogen (secondary N) is 1. The van der Waals surface area contributed by atoms with Gasteiger partial charge in [-0.05, 0) is 18.2 Å². The predicted octanol–water partition coefficient (Wildman–Crippen LogP) is 0.927. The highest BCUT2D eigenvalue weighted by Crippen LogP contribution is 2.04. The van der Waals surface area contributed by atoms with Crippen LogP contribution >= 0.6 is 12.6 Å². The van der Waals surface area contributed by atoms with Crippen LogP contribution in [-0.2, 0) is 0 Å².